The predicted molar refractivity (Wildman–Crippen MR) is 122 cm³/mol. The van der Waals surface area contributed by atoms with Gasteiger partial charge in [0.25, 0.3) is 0 Å². The molecule has 0 saturated carbocycles. The summed E-state index contributed by atoms with van der Waals surface area (Å²) in [5.41, 5.74) is 3.96. The molecule has 3 nitrogen and oxygen atoms in total. The molecule has 0 amide bonds. The summed E-state index contributed by atoms with van der Waals surface area (Å²) in [6, 6.07) is 21.6. The zero-order valence-corrected chi connectivity index (χ0v) is 17.5. The van der Waals surface area contributed by atoms with Gasteiger partial charge in [-0.1, -0.05) is 53.5 Å². The summed E-state index contributed by atoms with van der Waals surface area (Å²) in [4.78, 5) is 4.76. The van der Waals surface area contributed by atoms with Gasteiger partial charge in [-0.15, -0.1) is 0 Å². The van der Waals surface area contributed by atoms with E-state index in [-0.39, 0.29) is 0 Å². The molecule has 0 bridgehead atoms. The Labute approximate surface area is 180 Å². The van der Waals surface area contributed by atoms with Crippen LogP contribution in [0.2, 0.25) is 10.0 Å². The quantitative estimate of drug-likeness (QED) is 0.337. The molecular formula is C24H20Cl2N2O. The highest BCUT2D eigenvalue weighted by Gasteiger charge is 2.09. The van der Waals surface area contributed by atoms with E-state index in [0.29, 0.717) is 23.2 Å². The van der Waals surface area contributed by atoms with Gasteiger partial charge in [0.05, 0.1) is 17.6 Å². The summed E-state index contributed by atoms with van der Waals surface area (Å²) < 4.78 is 8.10. The molecule has 0 aliphatic rings. The predicted octanol–water partition coefficient (Wildman–Crippen LogP) is 6.90. The van der Waals surface area contributed by atoms with E-state index in [4.69, 9.17) is 32.9 Å². The van der Waals surface area contributed by atoms with E-state index >= 15 is 0 Å². The zero-order chi connectivity index (χ0) is 20.2. The maximum atomic E-state index is 6.30. The number of aromatic nitrogens is 2. The molecule has 5 heteroatoms. The van der Waals surface area contributed by atoms with E-state index in [9.17, 15) is 0 Å². The van der Waals surface area contributed by atoms with Crippen LogP contribution in [-0.4, -0.2) is 16.2 Å². The Kier molecular flexibility index (Phi) is 5.89. The SMILES string of the molecule is Cc1cccc(OCCn2c(/C=C/c3c(Cl)cccc3Cl)nc3ccccc32)c1. The molecule has 146 valence electrons. The molecule has 0 N–H and O–H groups in total. The first-order chi connectivity index (χ1) is 14.1. The standard InChI is InChI=1S/C24H20Cl2N2O/c1-17-6-4-7-18(16-17)29-15-14-28-23-11-3-2-10-22(23)27-24(28)13-12-19-20(25)8-5-9-21(19)26/h2-13,16H,14-15H2,1H3/b13-12+. The van der Waals surface area contributed by atoms with Crippen LogP contribution >= 0.6 is 23.2 Å². The first kappa shape index (κ1) is 19.6. The highest BCUT2D eigenvalue weighted by molar-refractivity contribution is 6.37. The fraction of sp³-hybridized carbons (Fsp3) is 0.125. The third kappa shape index (κ3) is 4.47. The highest BCUT2D eigenvalue weighted by Crippen LogP contribution is 2.27. The highest BCUT2D eigenvalue weighted by atomic mass is 35.5. The third-order valence-electron chi connectivity index (χ3n) is 4.66. The maximum Gasteiger partial charge on any atom is 0.133 e. The molecule has 0 radical (unpaired) electrons. The van der Waals surface area contributed by atoms with Crippen LogP contribution in [0.3, 0.4) is 0 Å². The molecule has 0 fully saturated rings. The van der Waals surface area contributed by atoms with Crippen molar-refractivity contribution in [3.63, 3.8) is 0 Å². The van der Waals surface area contributed by atoms with Crippen molar-refractivity contribution in [3.8, 4) is 5.75 Å². The maximum absolute atomic E-state index is 6.30. The second-order valence-corrected chi connectivity index (χ2v) is 7.56. The third-order valence-corrected chi connectivity index (χ3v) is 5.32. The number of imidazole rings is 1. The largest absolute Gasteiger partial charge is 0.492 e. The molecule has 0 aliphatic carbocycles. The van der Waals surface area contributed by atoms with Crippen LogP contribution in [0, 0.1) is 6.92 Å². The lowest BCUT2D eigenvalue weighted by Crippen LogP contribution is -2.09. The van der Waals surface area contributed by atoms with Gasteiger partial charge in [-0.2, -0.15) is 0 Å². The smallest absolute Gasteiger partial charge is 0.133 e. The number of ether oxygens (including phenoxy) is 1. The van der Waals surface area contributed by atoms with Crippen molar-refractivity contribution in [2.45, 2.75) is 13.5 Å². The molecule has 4 rings (SSSR count). The lowest BCUT2D eigenvalue weighted by Gasteiger charge is -2.10. The number of hydrogen-bond acceptors (Lipinski definition) is 2. The van der Waals surface area contributed by atoms with Crippen LogP contribution < -0.4 is 4.74 Å². The van der Waals surface area contributed by atoms with Crippen molar-refractivity contribution in [1.29, 1.82) is 0 Å². The van der Waals surface area contributed by atoms with Gasteiger partial charge in [0.2, 0.25) is 0 Å². The summed E-state index contributed by atoms with van der Waals surface area (Å²) in [5.74, 6) is 1.70. The minimum atomic E-state index is 0.539. The molecule has 3 aromatic carbocycles. The van der Waals surface area contributed by atoms with Crippen LogP contribution in [0.15, 0.2) is 66.7 Å². The molecule has 0 saturated heterocycles. The van der Waals surface area contributed by atoms with Gasteiger partial charge in [-0.3, -0.25) is 0 Å². The molecule has 1 aromatic heterocycles. The van der Waals surface area contributed by atoms with Crippen LogP contribution in [-0.2, 0) is 6.54 Å². The summed E-state index contributed by atoms with van der Waals surface area (Å²) in [7, 11) is 0. The number of benzene rings is 3. The first-order valence-corrected chi connectivity index (χ1v) is 10.1. The number of rotatable bonds is 6. The minimum absolute atomic E-state index is 0.539. The molecule has 0 aliphatic heterocycles. The van der Waals surface area contributed by atoms with Gasteiger partial charge in [0.15, 0.2) is 0 Å². The minimum Gasteiger partial charge on any atom is -0.492 e. The molecule has 29 heavy (non-hydrogen) atoms. The van der Waals surface area contributed by atoms with E-state index in [1.807, 2.05) is 66.7 Å². The summed E-state index contributed by atoms with van der Waals surface area (Å²) in [6.45, 7) is 3.26. The number of nitrogens with zero attached hydrogens (tertiary/aromatic N) is 2. The second-order valence-electron chi connectivity index (χ2n) is 6.74. The van der Waals surface area contributed by atoms with E-state index in [1.54, 1.807) is 0 Å². The Balaban J connectivity index is 1.61. The monoisotopic (exact) mass is 422 g/mol. The summed E-state index contributed by atoms with van der Waals surface area (Å²) in [5, 5.41) is 1.22. The summed E-state index contributed by atoms with van der Waals surface area (Å²) >= 11 is 12.6. The Hall–Kier alpha value is -2.75. The fourth-order valence-corrected chi connectivity index (χ4v) is 3.77. The van der Waals surface area contributed by atoms with Gasteiger partial charge in [0.1, 0.15) is 18.2 Å². The van der Waals surface area contributed by atoms with Crippen LogP contribution in [0.1, 0.15) is 17.0 Å². The van der Waals surface area contributed by atoms with Crippen molar-refractivity contribution >= 4 is 46.4 Å². The summed E-state index contributed by atoms with van der Waals surface area (Å²) in [6.07, 6.45) is 3.85. The van der Waals surface area contributed by atoms with E-state index in [2.05, 4.69) is 23.6 Å². The zero-order valence-electron chi connectivity index (χ0n) is 16.0. The van der Waals surface area contributed by atoms with E-state index < -0.39 is 0 Å². The second kappa shape index (κ2) is 8.73. The van der Waals surface area contributed by atoms with Crippen molar-refractivity contribution in [3.05, 3.63) is 93.7 Å². The Morgan fingerprint density at radius 1 is 0.931 bits per heavy atom. The molecule has 0 unspecified atom stereocenters. The number of halogens is 2. The molecule has 1 heterocycles. The van der Waals surface area contributed by atoms with Crippen molar-refractivity contribution in [2.24, 2.45) is 0 Å². The van der Waals surface area contributed by atoms with Gasteiger partial charge < -0.3 is 9.30 Å². The number of hydrogen-bond donors (Lipinski definition) is 0. The Morgan fingerprint density at radius 3 is 2.48 bits per heavy atom. The number of para-hydroxylation sites is 2. The molecule has 0 spiro atoms. The van der Waals surface area contributed by atoms with Gasteiger partial charge in [0, 0.05) is 15.6 Å². The topological polar surface area (TPSA) is 27.1 Å². The van der Waals surface area contributed by atoms with Gasteiger partial charge >= 0.3 is 0 Å². The van der Waals surface area contributed by atoms with E-state index in [0.717, 1.165) is 28.2 Å². The normalized spacial score (nSPS) is 11.4. The lowest BCUT2D eigenvalue weighted by molar-refractivity contribution is 0.299. The average molecular weight is 423 g/mol. The van der Waals surface area contributed by atoms with Crippen LogP contribution in [0.4, 0.5) is 0 Å². The fourth-order valence-electron chi connectivity index (χ4n) is 3.24. The first-order valence-electron chi connectivity index (χ1n) is 9.38. The van der Waals surface area contributed by atoms with Crippen LogP contribution in [0.25, 0.3) is 23.2 Å². The average Bonchev–Trinajstić information content (AvgIpc) is 3.05. The van der Waals surface area contributed by atoms with Gasteiger partial charge in [-0.25, -0.2) is 4.98 Å². The molecule has 4 aromatic rings. The molecular weight excluding hydrogens is 403 g/mol. The van der Waals surface area contributed by atoms with Crippen molar-refractivity contribution in [1.82, 2.24) is 9.55 Å². The van der Waals surface area contributed by atoms with E-state index in [1.165, 1.54) is 5.56 Å². The Morgan fingerprint density at radius 2 is 1.69 bits per heavy atom. The van der Waals surface area contributed by atoms with Crippen LogP contribution in [0.5, 0.6) is 5.75 Å². The Bertz CT molecular complexity index is 1160. The molecule has 0 atom stereocenters. The number of aryl methyl sites for hydroxylation is 1. The van der Waals surface area contributed by atoms with Gasteiger partial charge in [-0.05, 0) is 61.0 Å². The van der Waals surface area contributed by atoms with Crippen molar-refractivity contribution in [2.75, 3.05) is 6.61 Å². The number of fused-ring (bicyclic) bond motifs is 1. The van der Waals surface area contributed by atoms with Crippen molar-refractivity contribution < 1.29 is 4.74 Å². The lowest BCUT2D eigenvalue weighted by atomic mass is 10.2.